The molecule has 0 saturated carbocycles. The number of rotatable bonds is 2. The fourth-order valence-corrected chi connectivity index (χ4v) is 2.85. The molecule has 1 aliphatic heterocycles. The third kappa shape index (κ3) is 2.28. The normalized spacial score (nSPS) is 19.2. The second-order valence-corrected chi connectivity index (χ2v) is 5.30. The Balaban J connectivity index is 2.07. The quantitative estimate of drug-likeness (QED) is 0.894. The summed E-state index contributed by atoms with van der Waals surface area (Å²) in [5, 5.41) is 4.23. The van der Waals surface area contributed by atoms with Gasteiger partial charge in [-0.25, -0.2) is 4.39 Å². The lowest BCUT2D eigenvalue weighted by atomic mass is 9.98. The third-order valence-electron chi connectivity index (χ3n) is 3.93. The van der Waals surface area contributed by atoms with Crippen molar-refractivity contribution < 1.29 is 4.39 Å². The molecule has 2 aromatic rings. The summed E-state index contributed by atoms with van der Waals surface area (Å²) in [4.78, 5) is 12.3. The van der Waals surface area contributed by atoms with Crippen LogP contribution < -0.4 is 10.9 Å². The number of pyridine rings is 1. The van der Waals surface area contributed by atoms with Crippen LogP contribution >= 0.6 is 0 Å². The average molecular weight is 260 g/mol. The Bertz CT molecular complexity index is 672. The molecule has 0 spiro atoms. The van der Waals surface area contributed by atoms with E-state index in [1.54, 1.807) is 17.7 Å². The van der Waals surface area contributed by atoms with Crippen LogP contribution in [0.25, 0.3) is 10.9 Å². The van der Waals surface area contributed by atoms with Gasteiger partial charge in [-0.15, -0.1) is 0 Å². The summed E-state index contributed by atoms with van der Waals surface area (Å²) in [5.41, 5.74) is 1.47. The Morgan fingerprint density at radius 2 is 2.26 bits per heavy atom. The molecule has 1 atom stereocenters. The highest BCUT2D eigenvalue weighted by atomic mass is 19.1. The fourth-order valence-electron chi connectivity index (χ4n) is 2.85. The van der Waals surface area contributed by atoms with E-state index >= 15 is 0 Å². The first-order chi connectivity index (χ1) is 9.15. The van der Waals surface area contributed by atoms with Crippen LogP contribution in [0.2, 0.25) is 0 Å². The predicted molar refractivity (Wildman–Crippen MR) is 73.8 cm³/mol. The monoisotopic (exact) mass is 260 g/mol. The van der Waals surface area contributed by atoms with E-state index in [0.717, 1.165) is 36.9 Å². The van der Waals surface area contributed by atoms with E-state index in [0.29, 0.717) is 11.4 Å². The van der Waals surface area contributed by atoms with Crippen LogP contribution in [0.3, 0.4) is 0 Å². The van der Waals surface area contributed by atoms with Crippen molar-refractivity contribution in [1.29, 1.82) is 0 Å². The van der Waals surface area contributed by atoms with Crippen LogP contribution in [-0.2, 0) is 13.5 Å². The summed E-state index contributed by atoms with van der Waals surface area (Å²) < 4.78 is 14.8. The fraction of sp³-hybridized carbons (Fsp3) is 0.400. The summed E-state index contributed by atoms with van der Waals surface area (Å²) in [6, 6.07) is 6.50. The first kappa shape index (κ1) is 12.4. The van der Waals surface area contributed by atoms with E-state index in [9.17, 15) is 9.18 Å². The summed E-state index contributed by atoms with van der Waals surface area (Å²) in [6.45, 7) is 2.01. The molecule has 1 aromatic heterocycles. The summed E-state index contributed by atoms with van der Waals surface area (Å²) in [6.07, 6.45) is 1.91. The van der Waals surface area contributed by atoms with Crippen molar-refractivity contribution in [1.82, 2.24) is 9.88 Å². The van der Waals surface area contributed by atoms with Crippen molar-refractivity contribution in [2.24, 2.45) is 13.0 Å². The topological polar surface area (TPSA) is 34.0 Å². The van der Waals surface area contributed by atoms with E-state index in [1.165, 1.54) is 12.1 Å². The van der Waals surface area contributed by atoms with Gasteiger partial charge in [0.1, 0.15) is 5.82 Å². The second-order valence-electron chi connectivity index (χ2n) is 5.30. The number of nitrogens with one attached hydrogen (secondary N) is 1. The number of benzene rings is 1. The maximum atomic E-state index is 13.3. The van der Waals surface area contributed by atoms with Crippen LogP contribution in [0.15, 0.2) is 29.1 Å². The van der Waals surface area contributed by atoms with Crippen molar-refractivity contribution in [3.8, 4) is 0 Å². The van der Waals surface area contributed by atoms with Gasteiger partial charge in [-0.1, -0.05) is 0 Å². The van der Waals surface area contributed by atoms with Crippen LogP contribution in [0, 0.1) is 11.7 Å². The van der Waals surface area contributed by atoms with E-state index in [4.69, 9.17) is 0 Å². The number of aryl methyl sites for hydroxylation is 1. The summed E-state index contributed by atoms with van der Waals surface area (Å²) in [7, 11) is 1.71. The van der Waals surface area contributed by atoms with Gasteiger partial charge < -0.3 is 9.88 Å². The van der Waals surface area contributed by atoms with Crippen molar-refractivity contribution >= 4 is 10.9 Å². The van der Waals surface area contributed by atoms with Gasteiger partial charge in [0.2, 0.25) is 0 Å². The Labute approximate surface area is 111 Å². The predicted octanol–water partition coefficient (Wildman–Crippen LogP) is 1.83. The zero-order valence-corrected chi connectivity index (χ0v) is 10.9. The van der Waals surface area contributed by atoms with Gasteiger partial charge in [-0.3, -0.25) is 4.79 Å². The smallest absolute Gasteiger partial charge is 0.253 e. The van der Waals surface area contributed by atoms with Crippen LogP contribution in [0.5, 0.6) is 0 Å². The Morgan fingerprint density at radius 1 is 1.42 bits per heavy atom. The molecular formula is C15H17FN2O. The van der Waals surface area contributed by atoms with Gasteiger partial charge in [0.05, 0.1) is 5.52 Å². The molecule has 1 unspecified atom stereocenters. The molecule has 4 heteroatoms. The second kappa shape index (κ2) is 4.78. The van der Waals surface area contributed by atoms with E-state index < -0.39 is 0 Å². The van der Waals surface area contributed by atoms with E-state index in [2.05, 4.69) is 5.32 Å². The van der Waals surface area contributed by atoms with Crippen molar-refractivity contribution in [3.05, 3.63) is 46.0 Å². The lowest BCUT2D eigenvalue weighted by Gasteiger charge is -2.11. The van der Waals surface area contributed by atoms with Crippen molar-refractivity contribution in [2.45, 2.75) is 12.8 Å². The number of aromatic nitrogens is 1. The van der Waals surface area contributed by atoms with Crippen LogP contribution in [-0.4, -0.2) is 17.7 Å². The van der Waals surface area contributed by atoms with Crippen LogP contribution in [0.4, 0.5) is 4.39 Å². The van der Waals surface area contributed by atoms with Gasteiger partial charge in [0.25, 0.3) is 5.56 Å². The number of fused-ring (bicyclic) bond motifs is 1. The Hall–Kier alpha value is -1.68. The minimum absolute atomic E-state index is 0.00926. The lowest BCUT2D eigenvalue weighted by Crippen LogP contribution is -2.24. The van der Waals surface area contributed by atoms with Gasteiger partial charge in [0, 0.05) is 12.6 Å². The van der Waals surface area contributed by atoms with Gasteiger partial charge in [-0.2, -0.15) is 0 Å². The molecular weight excluding hydrogens is 243 g/mol. The SMILES string of the molecule is Cn1c(=O)c(CC2CCNC2)cc2ccc(F)cc21. The first-order valence-corrected chi connectivity index (χ1v) is 6.64. The molecule has 1 aromatic carbocycles. The molecule has 2 heterocycles. The molecule has 0 bridgehead atoms. The molecule has 100 valence electrons. The van der Waals surface area contributed by atoms with E-state index in [-0.39, 0.29) is 11.4 Å². The highest BCUT2D eigenvalue weighted by molar-refractivity contribution is 5.79. The highest BCUT2D eigenvalue weighted by Crippen LogP contribution is 2.18. The highest BCUT2D eigenvalue weighted by Gasteiger charge is 2.17. The number of nitrogens with zero attached hydrogens (tertiary/aromatic N) is 1. The molecule has 3 rings (SSSR count). The standard InChI is InChI=1S/C15H17FN2O/c1-18-14-8-13(16)3-2-11(14)7-12(15(18)19)6-10-4-5-17-9-10/h2-3,7-8,10,17H,4-6,9H2,1H3. The van der Waals surface area contributed by atoms with Gasteiger partial charge >= 0.3 is 0 Å². The first-order valence-electron chi connectivity index (χ1n) is 6.64. The minimum atomic E-state index is -0.310. The maximum absolute atomic E-state index is 13.3. The van der Waals surface area contributed by atoms with E-state index in [1.807, 2.05) is 6.07 Å². The minimum Gasteiger partial charge on any atom is -0.316 e. The molecule has 3 nitrogen and oxygen atoms in total. The van der Waals surface area contributed by atoms with Crippen molar-refractivity contribution in [2.75, 3.05) is 13.1 Å². The molecule has 1 saturated heterocycles. The Morgan fingerprint density at radius 3 is 3.00 bits per heavy atom. The zero-order valence-electron chi connectivity index (χ0n) is 10.9. The molecule has 0 radical (unpaired) electrons. The zero-order chi connectivity index (χ0) is 13.4. The Kier molecular flexibility index (Phi) is 3.11. The van der Waals surface area contributed by atoms with Crippen molar-refractivity contribution in [3.63, 3.8) is 0 Å². The largest absolute Gasteiger partial charge is 0.316 e. The summed E-state index contributed by atoms with van der Waals surface area (Å²) in [5.74, 6) is 0.223. The molecule has 1 N–H and O–H groups in total. The molecule has 0 aliphatic carbocycles. The summed E-state index contributed by atoms with van der Waals surface area (Å²) >= 11 is 0. The molecule has 1 fully saturated rings. The number of hydrogen-bond donors (Lipinski definition) is 1. The maximum Gasteiger partial charge on any atom is 0.253 e. The van der Waals surface area contributed by atoms with Gasteiger partial charge in [0.15, 0.2) is 0 Å². The molecule has 1 aliphatic rings. The average Bonchev–Trinajstić information content (AvgIpc) is 2.89. The molecule has 0 amide bonds. The lowest BCUT2D eigenvalue weighted by molar-refractivity contribution is 0.574. The molecule has 19 heavy (non-hydrogen) atoms. The number of hydrogen-bond acceptors (Lipinski definition) is 2. The van der Waals surface area contributed by atoms with Crippen LogP contribution in [0.1, 0.15) is 12.0 Å². The van der Waals surface area contributed by atoms with Gasteiger partial charge in [-0.05, 0) is 61.5 Å². The third-order valence-corrected chi connectivity index (χ3v) is 3.93. The number of halogens is 1.